The van der Waals surface area contributed by atoms with Crippen molar-refractivity contribution in [1.82, 2.24) is 0 Å². The number of ether oxygens (including phenoxy) is 3. The summed E-state index contributed by atoms with van der Waals surface area (Å²) >= 11 is 0. The quantitative estimate of drug-likeness (QED) is 0.354. The average molecular weight is 338 g/mol. The molecule has 1 aromatic carbocycles. The lowest BCUT2D eigenvalue weighted by molar-refractivity contribution is -0.156. The number of aldehydes is 1. The number of carbonyl (C=O) groups excluding carboxylic acids is 5. The molecule has 0 atom stereocenters. The minimum Gasteiger partial charge on any atom is -0.423 e. The Kier molecular flexibility index (Phi) is 8.63. The molecular formula is C16H18O8. The van der Waals surface area contributed by atoms with E-state index in [0.29, 0.717) is 17.4 Å². The van der Waals surface area contributed by atoms with Crippen LogP contribution in [0.2, 0.25) is 0 Å². The zero-order chi connectivity index (χ0) is 18.9. The fraction of sp³-hybridized carbons (Fsp3) is 0.312. The summed E-state index contributed by atoms with van der Waals surface area (Å²) in [5.74, 6) is -1.99. The zero-order valence-corrected chi connectivity index (χ0v) is 14.0. The van der Waals surface area contributed by atoms with E-state index >= 15 is 0 Å². The van der Waals surface area contributed by atoms with Gasteiger partial charge in [-0.05, 0) is 24.6 Å². The van der Waals surface area contributed by atoms with Gasteiger partial charge < -0.3 is 14.2 Å². The molecule has 1 aromatic rings. The van der Waals surface area contributed by atoms with Crippen LogP contribution in [0.15, 0.2) is 12.1 Å². The highest BCUT2D eigenvalue weighted by Gasteiger charge is 2.14. The smallest absolute Gasteiger partial charge is 0.310 e. The van der Waals surface area contributed by atoms with Crippen LogP contribution in [0.1, 0.15) is 43.6 Å². The first-order valence-corrected chi connectivity index (χ1v) is 6.72. The molecule has 0 bridgehead atoms. The zero-order valence-electron chi connectivity index (χ0n) is 14.0. The highest BCUT2D eigenvalue weighted by Crippen LogP contribution is 2.32. The van der Waals surface area contributed by atoms with Crippen molar-refractivity contribution in [2.24, 2.45) is 0 Å². The molecule has 0 aliphatic carbocycles. The van der Waals surface area contributed by atoms with E-state index in [1.54, 1.807) is 6.92 Å². The summed E-state index contributed by atoms with van der Waals surface area (Å²) in [6, 6.07) is 2.89. The van der Waals surface area contributed by atoms with Gasteiger partial charge in [-0.1, -0.05) is 0 Å². The van der Waals surface area contributed by atoms with Crippen LogP contribution in [0, 0.1) is 6.92 Å². The fourth-order valence-electron chi connectivity index (χ4n) is 1.54. The molecule has 0 unspecified atom stereocenters. The number of carbonyl (C=O) groups is 5. The SMILES string of the molecule is CC(=O)OC(C)=O.CC(=O)Oc1cc(C=O)cc(C)c1OC(C)=O. The Morgan fingerprint density at radius 1 is 0.833 bits per heavy atom. The van der Waals surface area contributed by atoms with Crippen molar-refractivity contribution < 1.29 is 38.2 Å². The fourth-order valence-corrected chi connectivity index (χ4v) is 1.54. The predicted octanol–water partition coefficient (Wildman–Crippen LogP) is 1.75. The Balaban J connectivity index is 0.000000640. The number of rotatable bonds is 3. The standard InChI is InChI=1S/C12H12O5.C4H6O3/c1-7-4-10(6-13)5-11(16-8(2)14)12(7)17-9(3)15;1-3(5)7-4(2)6/h4-6H,1-3H3;1-2H3. The van der Waals surface area contributed by atoms with Crippen molar-refractivity contribution in [2.75, 3.05) is 0 Å². The van der Waals surface area contributed by atoms with E-state index in [9.17, 15) is 24.0 Å². The van der Waals surface area contributed by atoms with Crippen LogP contribution in [0.3, 0.4) is 0 Å². The van der Waals surface area contributed by atoms with Gasteiger partial charge >= 0.3 is 23.9 Å². The van der Waals surface area contributed by atoms with Gasteiger partial charge in [-0.3, -0.25) is 24.0 Å². The highest BCUT2D eigenvalue weighted by atomic mass is 16.6. The van der Waals surface area contributed by atoms with Gasteiger partial charge in [0.05, 0.1) is 0 Å². The van der Waals surface area contributed by atoms with Crippen molar-refractivity contribution in [2.45, 2.75) is 34.6 Å². The minimum atomic E-state index is -0.562. The first-order valence-electron chi connectivity index (χ1n) is 6.72. The first-order chi connectivity index (χ1) is 11.1. The van der Waals surface area contributed by atoms with Crippen molar-refractivity contribution in [1.29, 1.82) is 0 Å². The third kappa shape index (κ3) is 8.42. The number of hydrogen-bond donors (Lipinski definition) is 0. The molecule has 0 radical (unpaired) electrons. The number of esters is 4. The summed E-state index contributed by atoms with van der Waals surface area (Å²) < 4.78 is 13.8. The van der Waals surface area contributed by atoms with Gasteiger partial charge in [-0.15, -0.1) is 0 Å². The molecule has 0 aliphatic rings. The normalized spacial score (nSPS) is 9.04. The van der Waals surface area contributed by atoms with Crippen molar-refractivity contribution >= 4 is 30.2 Å². The van der Waals surface area contributed by atoms with Gasteiger partial charge in [0.2, 0.25) is 0 Å². The molecular weight excluding hydrogens is 320 g/mol. The third-order valence-electron chi connectivity index (χ3n) is 2.19. The van der Waals surface area contributed by atoms with Crippen LogP contribution in [-0.4, -0.2) is 30.2 Å². The maximum Gasteiger partial charge on any atom is 0.310 e. The van der Waals surface area contributed by atoms with Gasteiger partial charge in [0.15, 0.2) is 11.5 Å². The molecule has 0 spiro atoms. The molecule has 0 heterocycles. The summed E-state index contributed by atoms with van der Waals surface area (Å²) in [6.45, 7) is 6.48. The summed E-state index contributed by atoms with van der Waals surface area (Å²) in [7, 11) is 0. The molecule has 8 nitrogen and oxygen atoms in total. The molecule has 0 aromatic heterocycles. The largest absolute Gasteiger partial charge is 0.423 e. The number of aryl methyl sites for hydroxylation is 1. The molecule has 0 aliphatic heterocycles. The highest BCUT2D eigenvalue weighted by molar-refractivity contribution is 5.82. The summed E-state index contributed by atoms with van der Waals surface area (Å²) in [5.41, 5.74) is 0.885. The number of benzene rings is 1. The first kappa shape index (κ1) is 21.0. The lowest BCUT2D eigenvalue weighted by atomic mass is 10.1. The van der Waals surface area contributed by atoms with Crippen LogP contribution >= 0.6 is 0 Å². The van der Waals surface area contributed by atoms with Gasteiger partial charge in [0, 0.05) is 33.3 Å². The van der Waals surface area contributed by atoms with Crippen LogP contribution in [0.4, 0.5) is 0 Å². The molecule has 130 valence electrons. The van der Waals surface area contributed by atoms with E-state index in [0.717, 1.165) is 0 Å². The van der Waals surface area contributed by atoms with E-state index in [2.05, 4.69) is 4.74 Å². The molecule has 8 heteroatoms. The maximum absolute atomic E-state index is 10.9. The summed E-state index contributed by atoms with van der Waals surface area (Å²) in [6.07, 6.45) is 0.623. The van der Waals surface area contributed by atoms with Crippen molar-refractivity contribution in [3.63, 3.8) is 0 Å². The average Bonchev–Trinajstić information content (AvgIpc) is 2.40. The number of hydrogen-bond acceptors (Lipinski definition) is 8. The minimum absolute atomic E-state index is 0.0646. The van der Waals surface area contributed by atoms with E-state index in [-0.39, 0.29) is 11.5 Å². The Labute approximate surface area is 138 Å². The monoisotopic (exact) mass is 338 g/mol. The lowest BCUT2D eigenvalue weighted by Gasteiger charge is -2.11. The Hall–Kier alpha value is -3.03. The second kappa shape index (κ2) is 9.88. The molecule has 1 rings (SSSR count). The van der Waals surface area contributed by atoms with Gasteiger partial charge in [0.1, 0.15) is 6.29 Å². The Morgan fingerprint density at radius 3 is 1.67 bits per heavy atom. The lowest BCUT2D eigenvalue weighted by Crippen LogP contribution is -2.08. The van der Waals surface area contributed by atoms with E-state index in [4.69, 9.17) is 9.47 Å². The molecule has 0 amide bonds. The van der Waals surface area contributed by atoms with Crippen LogP contribution in [0.5, 0.6) is 11.5 Å². The molecule has 0 N–H and O–H groups in total. The Bertz CT molecular complexity index is 648. The van der Waals surface area contributed by atoms with Gasteiger partial charge in [-0.25, -0.2) is 0 Å². The Morgan fingerprint density at radius 2 is 1.33 bits per heavy atom. The molecule has 0 saturated heterocycles. The van der Waals surface area contributed by atoms with E-state index in [1.807, 2.05) is 0 Å². The van der Waals surface area contributed by atoms with E-state index < -0.39 is 23.9 Å². The van der Waals surface area contributed by atoms with Crippen LogP contribution in [-0.2, 0) is 23.9 Å². The molecule has 0 fully saturated rings. The van der Waals surface area contributed by atoms with Crippen molar-refractivity contribution in [3.8, 4) is 11.5 Å². The molecule has 24 heavy (non-hydrogen) atoms. The summed E-state index contributed by atoms with van der Waals surface area (Å²) in [5, 5.41) is 0. The molecule has 0 saturated carbocycles. The predicted molar refractivity (Wildman–Crippen MR) is 81.6 cm³/mol. The van der Waals surface area contributed by atoms with Crippen molar-refractivity contribution in [3.05, 3.63) is 23.3 Å². The summed E-state index contributed by atoms with van der Waals surface area (Å²) in [4.78, 5) is 52.1. The second-order valence-electron chi connectivity index (χ2n) is 4.56. The van der Waals surface area contributed by atoms with Crippen LogP contribution in [0.25, 0.3) is 0 Å². The second-order valence-corrected chi connectivity index (χ2v) is 4.56. The van der Waals surface area contributed by atoms with Crippen LogP contribution < -0.4 is 9.47 Å². The van der Waals surface area contributed by atoms with E-state index in [1.165, 1.54) is 39.8 Å². The topological polar surface area (TPSA) is 113 Å². The maximum atomic E-state index is 10.9. The third-order valence-corrected chi connectivity index (χ3v) is 2.19. The van der Waals surface area contributed by atoms with Gasteiger partial charge in [-0.2, -0.15) is 0 Å². The van der Waals surface area contributed by atoms with Gasteiger partial charge in [0.25, 0.3) is 0 Å².